The third-order valence-corrected chi connectivity index (χ3v) is 3.22. The SMILES string of the molecule is CC(=O)c1c(N(C)C(C)=O)c2ccccc2n1C. The lowest BCUT2D eigenvalue weighted by Crippen LogP contribution is -2.24. The van der Waals surface area contributed by atoms with Crippen LogP contribution in [0.3, 0.4) is 0 Å². The Balaban J connectivity index is 2.88. The third-order valence-electron chi connectivity index (χ3n) is 3.22. The summed E-state index contributed by atoms with van der Waals surface area (Å²) >= 11 is 0. The van der Waals surface area contributed by atoms with Crippen molar-refractivity contribution < 1.29 is 9.59 Å². The highest BCUT2D eigenvalue weighted by Crippen LogP contribution is 2.33. The summed E-state index contributed by atoms with van der Waals surface area (Å²) in [5.41, 5.74) is 2.20. The van der Waals surface area contributed by atoms with Gasteiger partial charge in [0.05, 0.1) is 11.2 Å². The van der Waals surface area contributed by atoms with E-state index in [0.29, 0.717) is 11.4 Å². The molecule has 2 aromatic rings. The Morgan fingerprint density at radius 3 is 2.33 bits per heavy atom. The van der Waals surface area contributed by atoms with Crippen LogP contribution in [-0.2, 0) is 11.8 Å². The predicted molar refractivity (Wildman–Crippen MR) is 72.0 cm³/mol. The number of anilines is 1. The number of amides is 1. The highest BCUT2D eigenvalue weighted by molar-refractivity contribution is 6.13. The van der Waals surface area contributed by atoms with Crippen molar-refractivity contribution >= 4 is 28.3 Å². The van der Waals surface area contributed by atoms with Gasteiger partial charge in [-0.15, -0.1) is 0 Å². The molecule has 0 saturated heterocycles. The second-order valence-electron chi connectivity index (χ2n) is 4.41. The molecule has 0 fully saturated rings. The standard InChI is InChI=1S/C14H16N2O2/c1-9(17)13-14(15(3)10(2)18)11-7-5-6-8-12(11)16(13)4/h5-8H,1-4H3. The minimum Gasteiger partial charge on any atom is -0.339 e. The number of Topliss-reactive ketones (excluding diaryl/α,β-unsaturated/α-hetero) is 1. The van der Waals surface area contributed by atoms with E-state index in [1.54, 1.807) is 7.05 Å². The number of carbonyl (C=O) groups excluding carboxylic acids is 2. The summed E-state index contributed by atoms with van der Waals surface area (Å²) in [6.07, 6.45) is 0. The van der Waals surface area contributed by atoms with Crippen LogP contribution < -0.4 is 4.90 Å². The van der Waals surface area contributed by atoms with E-state index in [1.165, 1.54) is 18.7 Å². The number of para-hydroxylation sites is 1. The Bertz CT molecular complexity index is 641. The van der Waals surface area contributed by atoms with E-state index in [-0.39, 0.29) is 11.7 Å². The van der Waals surface area contributed by atoms with Crippen molar-refractivity contribution in [2.45, 2.75) is 13.8 Å². The molecule has 1 amide bonds. The average Bonchev–Trinajstić information content (AvgIpc) is 2.62. The van der Waals surface area contributed by atoms with Crippen LogP contribution in [0.2, 0.25) is 0 Å². The first-order valence-electron chi connectivity index (χ1n) is 5.77. The number of hydrogen-bond donors (Lipinski definition) is 0. The van der Waals surface area contributed by atoms with Crippen LogP contribution in [0.1, 0.15) is 24.3 Å². The van der Waals surface area contributed by atoms with Gasteiger partial charge in [-0.25, -0.2) is 0 Å². The van der Waals surface area contributed by atoms with Crippen LogP contribution in [0.25, 0.3) is 10.9 Å². The molecular weight excluding hydrogens is 228 g/mol. The van der Waals surface area contributed by atoms with E-state index in [4.69, 9.17) is 0 Å². The lowest BCUT2D eigenvalue weighted by atomic mass is 10.2. The molecule has 2 rings (SSSR count). The van der Waals surface area contributed by atoms with Crippen molar-refractivity contribution in [1.29, 1.82) is 0 Å². The molecule has 4 heteroatoms. The average molecular weight is 244 g/mol. The fourth-order valence-corrected chi connectivity index (χ4v) is 2.27. The van der Waals surface area contributed by atoms with Crippen molar-refractivity contribution in [3.05, 3.63) is 30.0 Å². The van der Waals surface area contributed by atoms with Crippen molar-refractivity contribution in [3.63, 3.8) is 0 Å². The van der Waals surface area contributed by atoms with Crippen molar-refractivity contribution in [2.75, 3.05) is 11.9 Å². The predicted octanol–water partition coefficient (Wildman–Crippen LogP) is 2.36. The molecule has 0 bridgehead atoms. The van der Waals surface area contributed by atoms with Crippen LogP contribution in [0, 0.1) is 0 Å². The number of nitrogens with zero attached hydrogens (tertiary/aromatic N) is 2. The van der Waals surface area contributed by atoms with Crippen LogP contribution in [0.5, 0.6) is 0 Å². The summed E-state index contributed by atoms with van der Waals surface area (Å²) in [6.45, 7) is 3.01. The first-order chi connectivity index (χ1) is 8.45. The molecule has 1 aromatic carbocycles. The first-order valence-corrected chi connectivity index (χ1v) is 5.77. The zero-order valence-electron chi connectivity index (χ0n) is 11.0. The lowest BCUT2D eigenvalue weighted by molar-refractivity contribution is -0.116. The molecule has 0 spiro atoms. The Morgan fingerprint density at radius 1 is 1.17 bits per heavy atom. The molecule has 0 saturated carbocycles. The number of benzene rings is 1. The Hall–Kier alpha value is -2.10. The summed E-state index contributed by atoms with van der Waals surface area (Å²) in [5, 5.41) is 0.919. The molecule has 1 aromatic heterocycles. The fraction of sp³-hybridized carbons (Fsp3) is 0.286. The Labute approximate surface area is 106 Å². The molecule has 18 heavy (non-hydrogen) atoms. The smallest absolute Gasteiger partial charge is 0.223 e. The van der Waals surface area contributed by atoms with Crippen molar-refractivity contribution in [3.8, 4) is 0 Å². The molecule has 1 heterocycles. The van der Waals surface area contributed by atoms with Gasteiger partial charge < -0.3 is 9.47 Å². The highest BCUT2D eigenvalue weighted by Gasteiger charge is 2.22. The number of fused-ring (bicyclic) bond motifs is 1. The van der Waals surface area contributed by atoms with Gasteiger partial charge in [-0.3, -0.25) is 9.59 Å². The monoisotopic (exact) mass is 244 g/mol. The van der Waals surface area contributed by atoms with Crippen LogP contribution in [0.15, 0.2) is 24.3 Å². The first kappa shape index (κ1) is 12.4. The highest BCUT2D eigenvalue weighted by atomic mass is 16.2. The Morgan fingerprint density at radius 2 is 1.78 bits per heavy atom. The molecule has 0 aliphatic rings. The van der Waals surface area contributed by atoms with Gasteiger partial charge in [0.2, 0.25) is 5.91 Å². The zero-order valence-corrected chi connectivity index (χ0v) is 11.0. The van der Waals surface area contributed by atoms with E-state index in [0.717, 1.165) is 10.9 Å². The van der Waals surface area contributed by atoms with Gasteiger partial charge in [0, 0.05) is 33.3 Å². The largest absolute Gasteiger partial charge is 0.339 e. The lowest BCUT2D eigenvalue weighted by Gasteiger charge is -2.16. The van der Waals surface area contributed by atoms with E-state index in [2.05, 4.69) is 0 Å². The van der Waals surface area contributed by atoms with E-state index < -0.39 is 0 Å². The quantitative estimate of drug-likeness (QED) is 0.761. The summed E-state index contributed by atoms with van der Waals surface area (Å²) in [7, 11) is 3.53. The summed E-state index contributed by atoms with van der Waals surface area (Å²) < 4.78 is 1.84. The number of carbonyl (C=O) groups is 2. The summed E-state index contributed by atoms with van der Waals surface area (Å²) in [4.78, 5) is 24.9. The summed E-state index contributed by atoms with van der Waals surface area (Å²) in [5.74, 6) is -0.134. The normalized spacial score (nSPS) is 10.7. The second kappa shape index (κ2) is 4.29. The van der Waals surface area contributed by atoms with Crippen LogP contribution >= 0.6 is 0 Å². The summed E-state index contributed by atoms with van der Waals surface area (Å²) in [6, 6.07) is 7.70. The minimum absolute atomic E-state index is 0.0446. The van der Waals surface area contributed by atoms with Gasteiger partial charge in [0.15, 0.2) is 5.78 Å². The fourth-order valence-electron chi connectivity index (χ4n) is 2.27. The molecular formula is C14H16N2O2. The maximum atomic E-state index is 11.8. The van der Waals surface area contributed by atoms with Crippen molar-refractivity contribution in [1.82, 2.24) is 4.57 Å². The van der Waals surface area contributed by atoms with Gasteiger partial charge >= 0.3 is 0 Å². The maximum absolute atomic E-state index is 11.8. The third kappa shape index (κ3) is 1.70. The molecule has 0 radical (unpaired) electrons. The van der Waals surface area contributed by atoms with E-state index in [1.807, 2.05) is 35.9 Å². The molecule has 0 unspecified atom stereocenters. The molecule has 0 aliphatic carbocycles. The van der Waals surface area contributed by atoms with E-state index >= 15 is 0 Å². The molecule has 0 N–H and O–H groups in total. The number of aryl methyl sites for hydroxylation is 1. The molecule has 4 nitrogen and oxygen atoms in total. The minimum atomic E-state index is -0.0890. The van der Waals surface area contributed by atoms with Gasteiger partial charge in [0.25, 0.3) is 0 Å². The number of ketones is 1. The Kier molecular flexibility index (Phi) is 2.95. The zero-order chi connectivity index (χ0) is 13.4. The maximum Gasteiger partial charge on any atom is 0.223 e. The molecule has 94 valence electrons. The number of aromatic nitrogens is 1. The van der Waals surface area contributed by atoms with Gasteiger partial charge in [-0.1, -0.05) is 18.2 Å². The molecule has 0 atom stereocenters. The number of rotatable bonds is 2. The van der Waals surface area contributed by atoms with Crippen LogP contribution in [-0.4, -0.2) is 23.3 Å². The number of hydrogen-bond acceptors (Lipinski definition) is 2. The van der Waals surface area contributed by atoms with Gasteiger partial charge in [0.1, 0.15) is 5.69 Å². The van der Waals surface area contributed by atoms with Gasteiger partial charge in [-0.2, -0.15) is 0 Å². The molecule has 0 aliphatic heterocycles. The topological polar surface area (TPSA) is 42.3 Å². The van der Waals surface area contributed by atoms with Gasteiger partial charge in [-0.05, 0) is 6.07 Å². The van der Waals surface area contributed by atoms with Crippen molar-refractivity contribution in [2.24, 2.45) is 7.05 Å². The van der Waals surface area contributed by atoms with E-state index in [9.17, 15) is 9.59 Å². The second-order valence-corrected chi connectivity index (χ2v) is 4.41. The van der Waals surface area contributed by atoms with Crippen LogP contribution in [0.4, 0.5) is 5.69 Å².